The molecule has 0 aliphatic carbocycles. The number of carbonyl (C=O) groups excluding carboxylic acids is 1. The Morgan fingerprint density at radius 2 is 2.24 bits per heavy atom. The van der Waals surface area contributed by atoms with Crippen LogP contribution in [0.25, 0.3) is 0 Å². The molecule has 1 saturated heterocycles. The highest BCUT2D eigenvalue weighted by molar-refractivity contribution is 5.91. The van der Waals surface area contributed by atoms with Crippen LogP contribution in [0, 0.1) is 5.82 Å². The third-order valence-corrected chi connectivity index (χ3v) is 4.04. The molecule has 1 fully saturated rings. The summed E-state index contributed by atoms with van der Waals surface area (Å²) in [5.41, 5.74) is 1.09. The maximum Gasteiger partial charge on any atom is 0.271 e. The van der Waals surface area contributed by atoms with E-state index in [-0.39, 0.29) is 23.5 Å². The molecule has 1 aromatic heterocycles. The molecule has 0 bridgehead atoms. The molecule has 0 radical (unpaired) electrons. The van der Waals surface area contributed by atoms with Gasteiger partial charge in [0.25, 0.3) is 5.91 Å². The number of anilines is 1. The van der Waals surface area contributed by atoms with Crippen molar-refractivity contribution in [2.75, 3.05) is 38.8 Å². The fourth-order valence-corrected chi connectivity index (χ4v) is 2.67. The number of amides is 1. The molecule has 2 aromatic rings. The van der Waals surface area contributed by atoms with Gasteiger partial charge in [-0.05, 0) is 17.7 Å². The van der Waals surface area contributed by atoms with Crippen molar-refractivity contribution in [2.24, 2.45) is 0 Å². The fraction of sp³-hybridized carbons (Fsp3) is 0.353. The number of methoxy groups -OCH3 is 1. The zero-order valence-corrected chi connectivity index (χ0v) is 14.0. The standard InChI is InChI=1S/C17H19FN4O3/c1-19-17(23)13-8-21-16(9-20-13)22-5-6-25-15(10-22)11-3-4-12(18)14(7-11)24-2/h3-4,7-9,15H,5-6,10H2,1-2H3,(H,19,23). The lowest BCUT2D eigenvalue weighted by Crippen LogP contribution is -2.39. The first-order chi connectivity index (χ1) is 12.1. The minimum absolute atomic E-state index is 0.188. The minimum atomic E-state index is -0.408. The van der Waals surface area contributed by atoms with Gasteiger partial charge in [0.15, 0.2) is 11.6 Å². The van der Waals surface area contributed by atoms with E-state index < -0.39 is 5.82 Å². The van der Waals surface area contributed by atoms with Crippen LogP contribution >= 0.6 is 0 Å². The molecule has 3 rings (SSSR count). The van der Waals surface area contributed by atoms with Crippen LogP contribution in [0.1, 0.15) is 22.2 Å². The summed E-state index contributed by atoms with van der Waals surface area (Å²) in [5, 5.41) is 2.51. The fourth-order valence-electron chi connectivity index (χ4n) is 2.67. The molecule has 25 heavy (non-hydrogen) atoms. The molecule has 2 heterocycles. The topological polar surface area (TPSA) is 76.6 Å². The third kappa shape index (κ3) is 3.69. The van der Waals surface area contributed by atoms with Crippen molar-refractivity contribution in [3.63, 3.8) is 0 Å². The highest BCUT2D eigenvalue weighted by atomic mass is 19.1. The highest BCUT2D eigenvalue weighted by Crippen LogP contribution is 2.28. The molecule has 1 atom stereocenters. The van der Waals surface area contributed by atoms with Gasteiger partial charge in [0.1, 0.15) is 17.6 Å². The molecule has 1 unspecified atom stereocenters. The number of aromatic nitrogens is 2. The summed E-state index contributed by atoms with van der Waals surface area (Å²) in [6.45, 7) is 1.70. The van der Waals surface area contributed by atoms with Gasteiger partial charge >= 0.3 is 0 Å². The smallest absolute Gasteiger partial charge is 0.271 e. The number of morpholine rings is 1. The molecule has 132 valence electrons. The van der Waals surface area contributed by atoms with E-state index in [0.29, 0.717) is 25.5 Å². The predicted molar refractivity (Wildman–Crippen MR) is 89.3 cm³/mol. The van der Waals surface area contributed by atoms with Crippen molar-refractivity contribution in [2.45, 2.75) is 6.10 Å². The van der Waals surface area contributed by atoms with Crippen molar-refractivity contribution < 1.29 is 18.7 Å². The first kappa shape index (κ1) is 17.1. The van der Waals surface area contributed by atoms with Crippen LogP contribution in [0.3, 0.4) is 0 Å². The van der Waals surface area contributed by atoms with Crippen molar-refractivity contribution in [3.8, 4) is 5.75 Å². The summed E-state index contributed by atoms with van der Waals surface area (Å²) in [7, 11) is 2.97. The lowest BCUT2D eigenvalue weighted by Gasteiger charge is -2.33. The molecule has 8 heteroatoms. The van der Waals surface area contributed by atoms with E-state index in [9.17, 15) is 9.18 Å². The molecule has 1 aliphatic rings. The number of ether oxygens (including phenoxy) is 2. The zero-order chi connectivity index (χ0) is 17.8. The van der Waals surface area contributed by atoms with Gasteiger partial charge in [0.05, 0.1) is 26.1 Å². The molecule has 1 aromatic carbocycles. The van der Waals surface area contributed by atoms with E-state index in [2.05, 4.69) is 15.3 Å². The lowest BCUT2D eigenvalue weighted by molar-refractivity contribution is 0.0393. The second kappa shape index (κ2) is 7.43. The molecule has 7 nitrogen and oxygen atoms in total. The van der Waals surface area contributed by atoms with Crippen molar-refractivity contribution in [1.29, 1.82) is 0 Å². The number of nitrogens with one attached hydrogen (secondary N) is 1. The first-order valence-electron chi connectivity index (χ1n) is 7.86. The SMILES string of the molecule is CNC(=O)c1cnc(N2CCOC(c3ccc(F)c(OC)c3)C2)cn1. The van der Waals surface area contributed by atoms with Crippen molar-refractivity contribution >= 4 is 11.7 Å². The van der Waals surface area contributed by atoms with Crippen LogP contribution in [0.15, 0.2) is 30.6 Å². The molecule has 0 spiro atoms. The number of carbonyl (C=O) groups is 1. The van der Waals surface area contributed by atoms with Gasteiger partial charge in [-0.3, -0.25) is 4.79 Å². The van der Waals surface area contributed by atoms with Crippen LogP contribution in [0.5, 0.6) is 5.75 Å². The Hall–Kier alpha value is -2.74. The Morgan fingerprint density at radius 3 is 2.92 bits per heavy atom. The van der Waals surface area contributed by atoms with Crippen LogP contribution in [0.2, 0.25) is 0 Å². The zero-order valence-electron chi connectivity index (χ0n) is 14.0. The Morgan fingerprint density at radius 1 is 1.40 bits per heavy atom. The summed E-state index contributed by atoms with van der Waals surface area (Å²) in [4.78, 5) is 22.0. The van der Waals surface area contributed by atoms with Gasteiger partial charge in [-0.1, -0.05) is 6.07 Å². The van der Waals surface area contributed by atoms with E-state index in [1.54, 1.807) is 25.4 Å². The Kier molecular flexibility index (Phi) is 5.08. The second-order valence-corrected chi connectivity index (χ2v) is 5.54. The Balaban J connectivity index is 1.76. The quantitative estimate of drug-likeness (QED) is 0.905. The Bertz CT molecular complexity index is 754. The van der Waals surface area contributed by atoms with Crippen LogP contribution in [-0.4, -0.2) is 49.7 Å². The number of rotatable bonds is 4. The average molecular weight is 346 g/mol. The van der Waals surface area contributed by atoms with Gasteiger partial charge in [0, 0.05) is 20.1 Å². The van der Waals surface area contributed by atoms with Gasteiger partial charge in [-0.15, -0.1) is 0 Å². The van der Waals surface area contributed by atoms with E-state index in [1.807, 2.05) is 4.90 Å². The van der Waals surface area contributed by atoms with E-state index in [1.165, 1.54) is 19.4 Å². The molecule has 1 N–H and O–H groups in total. The number of benzene rings is 1. The number of hydrogen-bond donors (Lipinski definition) is 1. The van der Waals surface area contributed by atoms with Gasteiger partial charge in [-0.2, -0.15) is 0 Å². The van der Waals surface area contributed by atoms with E-state index in [0.717, 1.165) is 5.56 Å². The number of hydrogen-bond acceptors (Lipinski definition) is 6. The van der Waals surface area contributed by atoms with Gasteiger partial charge in [-0.25, -0.2) is 14.4 Å². The first-order valence-corrected chi connectivity index (χ1v) is 7.86. The molecular weight excluding hydrogens is 327 g/mol. The third-order valence-electron chi connectivity index (χ3n) is 4.04. The second-order valence-electron chi connectivity index (χ2n) is 5.54. The maximum atomic E-state index is 13.6. The summed E-state index contributed by atoms with van der Waals surface area (Å²) in [5.74, 6) is 0.162. The molecular formula is C17H19FN4O3. The number of nitrogens with zero attached hydrogens (tertiary/aromatic N) is 3. The van der Waals surface area contributed by atoms with Crippen molar-refractivity contribution in [3.05, 3.63) is 47.7 Å². The summed E-state index contributed by atoms with van der Waals surface area (Å²) in [6.07, 6.45) is 2.78. The van der Waals surface area contributed by atoms with Crippen LogP contribution in [0.4, 0.5) is 10.2 Å². The van der Waals surface area contributed by atoms with Gasteiger partial charge < -0.3 is 19.7 Å². The van der Waals surface area contributed by atoms with Crippen LogP contribution < -0.4 is 15.0 Å². The monoisotopic (exact) mass is 346 g/mol. The summed E-state index contributed by atoms with van der Waals surface area (Å²) < 4.78 is 24.4. The predicted octanol–water partition coefficient (Wildman–Crippen LogP) is 1.56. The minimum Gasteiger partial charge on any atom is -0.494 e. The lowest BCUT2D eigenvalue weighted by atomic mass is 10.1. The number of halogens is 1. The van der Waals surface area contributed by atoms with Gasteiger partial charge in [0.2, 0.25) is 0 Å². The molecule has 1 amide bonds. The van der Waals surface area contributed by atoms with E-state index >= 15 is 0 Å². The summed E-state index contributed by atoms with van der Waals surface area (Å²) in [6, 6.07) is 4.70. The maximum absolute atomic E-state index is 13.6. The van der Waals surface area contributed by atoms with E-state index in [4.69, 9.17) is 9.47 Å². The average Bonchev–Trinajstić information content (AvgIpc) is 2.68. The normalized spacial score (nSPS) is 17.2. The molecule has 1 aliphatic heterocycles. The van der Waals surface area contributed by atoms with Crippen molar-refractivity contribution in [1.82, 2.24) is 15.3 Å². The van der Waals surface area contributed by atoms with Crippen LogP contribution in [-0.2, 0) is 4.74 Å². The summed E-state index contributed by atoms with van der Waals surface area (Å²) >= 11 is 0. The Labute approximate surface area is 144 Å². The largest absolute Gasteiger partial charge is 0.494 e. The highest BCUT2D eigenvalue weighted by Gasteiger charge is 2.24. The molecule has 0 saturated carbocycles.